The number of amides is 1. The minimum atomic E-state index is -0.560. The van der Waals surface area contributed by atoms with Crippen molar-refractivity contribution in [2.24, 2.45) is 5.73 Å². The highest BCUT2D eigenvalue weighted by atomic mass is 16.2. The number of carbonyl (C=O) groups excluding carboxylic acids is 1. The quantitative estimate of drug-likeness (QED) is 0.512. The van der Waals surface area contributed by atoms with Crippen LogP contribution in [0.15, 0.2) is 84.9 Å². The lowest BCUT2D eigenvalue weighted by Gasteiger charge is -2.18. The van der Waals surface area contributed by atoms with Crippen molar-refractivity contribution in [2.75, 3.05) is 0 Å². The monoisotopic (exact) mass is 382 g/mol. The van der Waals surface area contributed by atoms with Gasteiger partial charge in [-0.25, -0.2) is 0 Å². The highest BCUT2D eigenvalue weighted by Crippen LogP contribution is 2.18. The predicted molar refractivity (Wildman–Crippen MR) is 121 cm³/mol. The van der Waals surface area contributed by atoms with Gasteiger partial charge in [-0.15, -0.1) is 0 Å². The summed E-state index contributed by atoms with van der Waals surface area (Å²) in [6.07, 6.45) is 1.30. The van der Waals surface area contributed by atoms with Gasteiger partial charge in [0.2, 0.25) is 5.91 Å². The molecule has 0 aliphatic heterocycles. The molecule has 0 aromatic heterocycles. The Bertz CT molecular complexity index is 1150. The molecule has 1 amide bonds. The molecule has 4 aromatic carbocycles. The molecule has 146 valence electrons. The van der Waals surface area contributed by atoms with Gasteiger partial charge in [-0.1, -0.05) is 84.9 Å². The molecule has 29 heavy (non-hydrogen) atoms. The summed E-state index contributed by atoms with van der Waals surface area (Å²) in [5, 5.41) is 7.88. The molecule has 4 rings (SSSR count). The van der Waals surface area contributed by atoms with Gasteiger partial charge in [-0.2, -0.15) is 0 Å². The average Bonchev–Trinajstić information content (AvgIpc) is 2.73. The van der Waals surface area contributed by atoms with Crippen molar-refractivity contribution in [3.63, 3.8) is 0 Å². The largest absolute Gasteiger partial charge is 0.352 e. The lowest BCUT2D eigenvalue weighted by atomic mass is 10.0. The van der Waals surface area contributed by atoms with Crippen LogP contribution in [0.3, 0.4) is 0 Å². The molecule has 3 nitrogen and oxygen atoms in total. The van der Waals surface area contributed by atoms with Gasteiger partial charge in [0.05, 0.1) is 6.04 Å². The van der Waals surface area contributed by atoms with Gasteiger partial charge in [0.1, 0.15) is 0 Å². The van der Waals surface area contributed by atoms with Crippen LogP contribution >= 0.6 is 0 Å². The van der Waals surface area contributed by atoms with Crippen LogP contribution in [-0.4, -0.2) is 18.0 Å². The number of nitrogens with two attached hydrogens (primary N) is 1. The van der Waals surface area contributed by atoms with E-state index in [0.29, 0.717) is 6.42 Å². The highest BCUT2D eigenvalue weighted by Gasteiger charge is 2.17. The summed E-state index contributed by atoms with van der Waals surface area (Å²) in [4.78, 5) is 12.6. The van der Waals surface area contributed by atoms with E-state index in [9.17, 15) is 4.79 Å². The number of fused-ring (bicyclic) bond motifs is 2. The van der Waals surface area contributed by atoms with E-state index in [2.05, 4.69) is 59.9 Å². The zero-order chi connectivity index (χ0) is 20.2. The minimum absolute atomic E-state index is 0.0197. The second-order valence-electron chi connectivity index (χ2n) is 7.79. The number of hydrogen-bond donors (Lipinski definition) is 2. The van der Waals surface area contributed by atoms with Gasteiger partial charge in [-0.05, 0) is 52.4 Å². The average molecular weight is 383 g/mol. The van der Waals surface area contributed by atoms with Crippen LogP contribution in [0.25, 0.3) is 21.5 Å². The number of benzene rings is 4. The predicted octanol–water partition coefficient (Wildman–Crippen LogP) is 4.61. The normalized spacial score (nSPS) is 13.3. The molecule has 3 heteroatoms. The van der Waals surface area contributed by atoms with Crippen LogP contribution in [0.1, 0.15) is 18.1 Å². The molecule has 0 aliphatic carbocycles. The third kappa shape index (κ3) is 4.64. The summed E-state index contributed by atoms with van der Waals surface area (Å²) in [5.74, 6) is -0.105. The van der Waals surface area contributed by atoms with Crippen LogP contribution in [0.4, 0.5) is 0 Å². The molecular weight excluding hydrogens is 356 g/mol. The Labute approximate surface area is 171 Å². The van der Waals surface area contributed by atoms with E-state index < -0.39 is 6.04 Å². The van der Waals surface area contributed by atoms with Gasteiger partial charge in [0, 0.05) is 6.04 Å². The lowest BCUT2D eigenvalue weighted by molar-refractivity contribution is -0.122. The molecule has 4 aromatic rings. The Kier molecular flexibility index (Phi) is 5.59. The SMILES string of the molecule is C[C@@H](Cc1ccc2ccccc2c1)NC(=O)[C@H](N)Cc1ccc2ccccc2c1. The first-order valence-corrected chi connectivity index (χ1v) is 10.1. The van der Waals surface area contributed by atoms with Crippen LogP contribution in [0.5, 0.6) is 0 Å². The Morgan fingerprint density at radius 3 is 1.79 bits per heavy atom. The maximum absolute atomic E-state index is 12.6. The molecule has 0 saturated heterocycles. The maximum Gasteiger partial charge on any atom is 0.237 e. The lowest BCUT2D eigenvalue weighted by Crippen LogP contribution is -2.46. The first-order chi connectivity index (χ1) is 14.1. The molecule has 0 aliphatic rings. The summed E-state index contributed by atoms with van der Waals surface area (Å²) in [7, 11) is 0. The summed E-state index contributed by atoms with van der Waals surface area (Å²) in [6, 6.07) is 28.7. The molecule has 0 spiro atoms. The van der Waals surface area contributed by atoms with Crippen molar-refractivity contribution >= 4 is 27.5 Å². The minimum Gasteiger partial charge on any atom is -0.352 e. The third-order valence-electron chi connectivity index (χ3n) is 5.35. The highest BCUT2D eigenvalue weighted by molar-refractivity contribution is 5.85. The molecule has 0 bridgehead atoms. The zero-order valence-corrected chi connectivity index (χ0v) is 16.6. The Morgan fingerprint density at radius 1 is 0.759 bits per heavy atom. The van der Waals surface area contributed by atoms with E-state index >= 15 is 0 Å². The molecular formula is C26H26N2O. The Morgan fingerprint density at radius 2 is 1.24 bits per heavy atom. The van der Waals surface area contributed by atoms with Gasteiger partial charge in [0.15, 0.2) is 0 Å². The van der Waals surface area contributed by atoms with E-state index in [1.54, 1.807) is 0 Å². The van der Waals surface area contributed by atoms with E-state index in [-0.39, 0.29) is 11.9 Å². The van der Waals surface area contributed by atoms with Gasteiger partial charge >= 0.3 is 0 Å². The fourth-order valence-electron chi connectivity index (χ4n) is 3.83. The summed E-state index contributed by atoms with van der Waals surface area (Å²) in [5.41, 5.74) is 8.48. The molecule has 0 saturated carbocycles. The van der Waals surface area contributed by atoms with E-state index in [4.69, 9.17) is 5.73 Å². The molecule has 0 heterocycles. The first kappa shape index (κ1) is 19.2. The molecule has 0 unspecified atom stereocenters. The molecule has 0 fully saturated rings. The van der Waals surface area contributed by atoms with Gasteiger partial charge < -0.3 is 11.1 Å². The zero-order valence-electron chi connectivity index (χ0n) is 16.6. The number of hydrogen-bond acceptors (Lipinski definition) is 2. The van der Waals surface area contributed by atoms with Crippen molar-refractivity contribution < 1.29 is 4.79 Å². The van der Waals surface area contributed by atoms with Crippen molar-refractivity contribution in [1.29, 1.82) is 0 Å². The van der Waals surface area contributed by atoms with Crippen LogP contribution in [-0.2, 0) is 17.6 Å². The van der Waals surface area contributed by atoms with Crippen molar-refractivity contribution in [2.45, 2.75) is 31.8 Å². The number of carbonyl (C=O) groups is 1. The van der Waals surface area contributed by atoms with E-state index in [1.807, 2.05) is 37.3 Å². The summed E-state index contributed by atoms with van der Waals surface area (Å²) < 4.78 is 0. The maximum atomic E-state index is 12.6. The molecule has 0 radical (unpaired) electrons. The second-order valence-corrected chi connectivity index (χ2v) is 7.79. The standard InChI is InChI=1S/C26H26N2O/c1-18(14-19-10-12-21-6-2-4-8-23(21)15-19)28-26(29)25(27)17-20-11-13-22-7-3-5-9-24(22)16-20/h2-13,15-16,18,25H,14,17,27H2,1H3,(H,28,29)/t18-,25+/m0/s1. The van der Waals surface area contributed by atoms with E-state index in [1.165, 1.54) is 27.1 Å². The fraction of sp³-hybridized carbons (Fsp3) is 0.192. The number of rotatable bonds is 6. The number of nitrogens with one attached hydrogen (secondary N) is 1. The topological polar surface area (TPSA) is 55.1 Å². The second kappa shape index (κ2) is 8.46. The Balaban J connectivity index is 1.36. The van der Waals surface area contributed by atoms with E-state index in [0.717, 1.165) is 12.0 Å². The fourth-order valence-corrected chi connectivity index (χ4v) is 3.83. The summed E-state index contributed by atoms with van der Waals surface area (Å²) in [6.45, 7) is 2.02. The summed E-state index contributed by atoms with van der Waals surface area (Å²) >= 11 is 0. The van der Waals surface area contributed by atoms with Gasteiger partial charge in [-0.3, -0.25) is 4.79 Å². The first-order valence-electron chi connectivity index (χ1n) is 10.1. The van der Waals surface area contributed by atoms with Crippen molar-refractivity contribution in [3.8, 4) is 0 Å². The Hall–Kier alpha value is -3.17. The molecule has 3 N–H and O–H groups in total. The smallest absolute Gasteiger partial charge is 0.237 e. The third-order valence-corrected chi connectivity index (χ3v) is 5.35. The van der Waals surface area contributed by atoms with Crippen LogP contribution < -0.4 is 11.1 Å². The van der Waals surface area contributed by atoms with Crippen molar-refractivity contribution in [3.05, 3.63) is 96.1 Å². The molecule has 2 atom stereocenters. The van der Waals surface area contributed by atoms with Gasteiger partial charge in [0.25, 0.3) is 0 Å². The van der Waals surface area contributed by atoms with Crippen LogP contribution in [0.2, 0.25) is 0 Å². The van der Waals surface area contributed by atoms with Crippen molar-refractivity contribution in [1.82, 2.24) is 5.32 Å². The van der Waals surface area contributed by atoms with Crippen LogP contribution in [0, 0.1) is 0 Å².